The van der Waals surface area contributed by atoms with E-state index in [9.17, 15) is 22.4 Å². The van der Waals surface area contributed by atoms with Crippen LogP contribution in [0.1, 0.15) is 16.1 Å². The van der Waals surface area contributed by atoms with Crippen molar-refractivity contribution < 1.29 is 17.6 Å². The maximum absolute atomic E-state index is 13.6. The zero-order chi connectivity index (χ0) is 30.9. The second-order valence-electron chi connectivity index (χ2n) is 10.4. The van der Waals surface area contributed by atoms with E-state index >= 15 is 0 Å². The fourth-order valence-electron chi connectivity index (χ4n) is 4.36. The number of carbonyl (C=O) groups excluding carboxylic acids is 1. The lowest BCUT2D eigenvalue weighted by Gasteiger charge is -2.13. The summed E-state index contributed by atoms with van der Waals surface area (Å²) in [6.45, 7) is 2.15. The summed E-state index contributed by atoms with van der Waals surface area (Å²) < 4.78 is 41.0. The lowest BCUT2D eigenvalue weighted by molar-refractivity contribution is 0.102. The van der Waals surface area contributed by atoms with Crippen LogP contribution < -0.4 is 16.2 Å². The molecule has 2 aromatic heterocycles. The van der Waals surface area contributed by atoms with Gasteiger partial charge in [-0.3, -0.25) is 9.59 Å². The van der Waals surface area contributed by atoms with Crippen molar-refractivity contribution in [2.24, 2.45) is 7.05 Å². The monoisotopic (exact) mass is 603 g/mol. The first-order chi connectivity index (χ1) is 20.4. The van der Waals surface area contributed by atoms with Gasteiger partial charge in [-0.2, -0.15) is 0 Å². The molecule has 0 unspecified atom stereocenters. The van der Waals surface area contributed by atoms with Gasteiger partial charge in [0.2, 0.25) is 15.0 Å². The third kappa shape index (κ3) is 6.47. The number of rotatable bonds is 9. The number of H-pyrrole nitrogens is 1. The largest absolute Gasteiger partial charge is 0.355 e. The molecule has 0 aliphatic heterocycles. The first kappa shape index (κ1) is 29.6. The summed E-state index contributed by atoms with van der Waals surface area (Å²) in [4.78, 5) is 39.0. The zero-order valence-electron chi connectivity index (χ0n) is 24.0. The van der Waals surface area contributed by atoms with Crippen molar-refractivity contribution >= 4 is 43.7 Å². The van der Waals surface area contributed by atoms with Crippen molar-refractivity contribution in [2.75, 3.05) is 37.0 Å². The van der Waals surface area contributed by atoms with Crippen molar-refractivity contribution in [1.82, 2.24) is 24.4 Å². The van der Waals surface area contributed by atoms with E-state index in [4.69, 9.17) is 0 Å². The Kier molecular flexibility index (Phi) is 8.11. The Morgan fingerprint density at radius 1 is 1.05 bits per heavy atom. The number of hydrogen-bond acceptors (Lipinski definition) is 8. The molecule has 13 heteroatoms. The standard InChI is InChI=1S/C30H30FN7O4S/c1-18-5-10-22(16-25(18)33-21-11-12-24-23(15-21)29(40)38(4)17-32-24)34-28(39)27-26(19-6-8-20(31)9-7-19)35-30(36-27)43(41,42)14-13-37(2)3/h5-12,15-17,33H,13-14H2,1-4H3,(H,34,39)(H,35,36). The molecule has 0 bridgehead atoms. The minimum Gasteiger partial charge on any atom is -0.355 e. The number of sulfone groups is 1. The van der Waals surface area contributed by atoms with Gasteiger partial charge in [0.25, 0.3) is 11.5 Å². The molecule has 3 aromatic carbocycles. The van der Waals surface area contributed by atoms with E-state index in [-0.39, 0.29) is 34.4 Å². The number of imidazole rings is 1. The number of benzene rings is 3. The molecule has 0 saturated heterocycles. The quantitative estimate of drug-likeness (QED) is 0.229. The molecule has 0 fully saturated rings. The third-order valence-corrected chi connectivity index (χ3v) is 8.33. The summed E-state index contributed by atoms with van der Waals surface area (Å²) >= 11 is 0. The summed E-state index contributed by atoms with van der Waals surface area (Å²) in [5.74, 6) is -1.34. The van der Waals surface area contributed by atoms with Gasteiger partial charge in [-0.25, -0.2) is 22.8 Å². The predicted molar refractivity (Wildman–Crippen MR) is 164 cm³/mol. The molecule has 5 aromatic rings. The molecule has 1 amide bonds. The minimum absolute atomic E-state index is 0.150. The van der Waals surface area contributed by atoms with Gasteiger partial charge in [0.1, 0.15) is 5.82 Å². The third-order valence-electron chi connectivity index (χ3n) is 6.82. The van der Waals surface area contributed by atoms with Crippen molar-refractivity contribution in [3.8, 4) is 11.3 Å². The molecule has 2 heterocycles. The van der Waals surface area contributed by atoms with Crippen molar-refractivity contribution in [3.05, 3.63) is 94.4 Å². The van der Waals surface area contributed by atoms with E-state index in [0.717, 1.165) is 5.56 Å². The highest BCUT2D eigenvalue weighted by atomic mass is 32.2. The molecule has 0 atom stereocenters. The Hall–Kier alpha value is -4.88. The van der Waals surface area contributed by atoms with Crippen LogP contribution in [0, 0.1) is 12.7 Å². The van der Waals surface area contributed by atoms with Gasteiger partial charge < -0.3 is 25.1 Å². The molecule has 0 spiro atoms. The second-order valence-corrected chi connectivity index (χ2v) is 12.4. The van der Waals surface area contributed by atoms with Crippen LogP contribution in [0.15, 0.2) is 76.9 Å². The van der Waals surface area contributed by atoms with Gasteiger partial charge in [-0.1, -0.05) is 6.07 Å². The smallest absolute Gasteiger partial charge is 0.276 e. The number of halogens is 1. The molecule has 5 rings (SSSR count). The highest BCUT2D eigenvalue weighted by Gasteiger charge is 2.26. The molecular formula is C30H30FN7O4S. The Labute approximate surface area is 247 Å². The summed E-state index contributed by atoms with van der Waals surface area (Å²) in [5, 5.41) is 6.19. The number of aryl methyl sites for hydroxylation is 2. The van der Waals surface area contributed by atoms with Gasteiger partial charge in [-0.15, -0.1) is 0 Å². The molecule has 11 nitrogen and oxygen atoms in total. The fraction of sp³-hybridized carbons (Fsp3) is 0.200. The van der Waals surface area contributed by atoms with Crippen LogP contribution in [0.2, 0.25) is 0 Å². The highest BCUT2D eigenvalue weighted by Crippen LogP contribution is 2.28. The first-order valence-electron chi connectivity index (χ1n) is 13.3. The van der Waals surface area contributed by atoms with E-state index in [1.54, 1.807) is 56.4 Å². The molecule has 0 aliphatic rings. The molecule has 43 heavy (non-hydrogen) atoms. The lowest BCUT2D eigenvalue weighted by Crippen LogP contribution is -2.22. The number of aromatic nitrogens is 4. The van der Waals surface area contributed by atoms with Gasteiger partial charge in [0.15, 0.2) is 5.69 Å². The van der Waals surface area contributed by atoms with Crippen LogP contribution in [0.3, 0.4) is 0 Å². The van der Waals surface area contributed by atoms with Gasteiger partial charge >= 0.3 is 0 Å². The van der Waals surface area contributed by atoms with Crippen LogP contribution in [-0.4, -0.2) is 65.1 Å². The van der Waals surface area contributed by atoms with Crippen LogP contribution in [0.5, 0.6) is 0 Å². The average molecular weight is 604 g/mol. The Morgan fingerprint density at radius 3 is 2.49 bits per heavy atom. The zero-order valence-corrected chi connectivity index (χ0v) is 24.8. The van der Waals surface area contributed by atoms with Crippen LogP contribution in [0.4, 0.5) is 21.5 Å². The molecule has 222 valence electrons. The Morgan fingerprint density at radius 2 is 1.77 bits per heavy atom. The predicted octanol–water partition coefficient (Wildman–Crippen LogP) is 4.10. The van der Waals surface area contributed by atoms with E-state index in [2.05, 4.69) is 25.6 Å². The summed E-state index contributed by atoms with van der Waals surface area (Å²) in [6.07, 6.45) is 1.47. The van der Waals surface area contributed by atoms with Crippen molar-refractivity contribution in [3.63, 3.8) is 0 Å². The van der Waals surface area contributed by atoms with E-state index < -0.39 is 21.6 Å². The normalized spacial score (nSPS) is 11.7. The van der Waals surface area contributed by atoms with Gasteiger partial charge in [0.05, 0.1) is 28.7 Å². The number of fused-ring (bicyclic) bond motifs is 1. The van der Waals surface area contributed by atoms with Crippen molar-refractivity contribution in [1.29, 1.82) is 0 Å². The van der Waals surface area contributed by atoms with Crippen molar-refractivity contribution in [2.45, 2.75) is 12.1 Å². The number of aromatic amines is 1. The Balaban J connectivity index is 1.45. The molecule has 0 saturated carbocycles. The van der Waals surface area contributed by atoms with E-state index in [0.29, 0.717) is 33.5 Å². The Bertz CT molecular complexity index is 2000. The van der Waals surface area contributed by atoms with Crippen LogP contribution in [0.25, 0.3) is 22.2 Å². The minimum atomic E-state index is -3.85. The van der Waals surface area contributed by atoms with E-state index in [1.807, 2.05) is 13.0 Å². The molecular weight excluding hydrogens is 573 g/mol. The fourth-order valence-corrected chi connectivity index (χ4v) is 5.64. The molecule has 0 radical (unpaired) electrons. The topological polar surface area (TPSA) is 142 Å². The number of carbonyl (C=O) groups is 1. The number of nitrogens with one attached hydrogen (secondary N) is 3. The molecule has 3 N–H and O–H groups in total. The van der Waals surface area contributed by atoms with Gasteiger partial charge in [-0.05, 0) is 81.2 Å². The van der Waals surface area contributed by atoms with E-state index in [1.165, 1.54) is 35.2 Å². The summed E-state index contributed by atoms with van der Waals surface area (Å²) in [5.41, 5.74) is 3.42. The highest BCUT2D eigenvalue weighted by molar-refractivity contribution is 7.91. The first-order valence-corrected chi connectivity index (χ1v) is 14.9. The number of anilines is 3. The maximum Gasteiger partial charge on any atom is 0.276 e. The second kappa shape index (κ2) is 11.8. The van der Waals surface area contributed by atoms with Gasteiger partial charge in [0, 0.05) is 36.2 Å². The number of hydrogen-bond donors (Lipinski definition) is 3. The van der Waals surface area contributed by atoms with Crippen LogP contribution >= 0.6 is 0 Å². The SMILES string of the molecule is Cc1ccc(NC(=O)c2nc(S(=O)(=O)CCN(C)C)[nH]c2-c2ccc(F)cc2)cc1Nc1ccc2ncn(C)c(=O)c2c1. The number of amides is 1. The number of nitrogens with zero attached hydrogens (tertiary/aromatic N) is 4. The average Bonchev–Trinajstić information content (AvgIpc) is 3.43. The maximum atomic E-state index is 13.6. The van der Waals surface area contributed by atoms with Crippen LogP contribution in [-0.2, 0) is 16.9 Å². The molecule has 0 aliphatic carbocycles. The summed E-state index contributed by atoms with van der Waals surface area (Å²) in [7, 11) is 1.29. The lowest BCUT2D eigenvalue weighted by atomic mass is 10.1. The summed E-state index contributed by atoms with van der Waals surface area (Å²) in [6, 6.07) is 15.8.